The monoisotopic (exact) mass is 344 g/mol. The molecule has 3 aromatic rings. The van der Waals surface area contributed by atoms with Gasteiger partial charge in [0.15, 0.2) is 0 Å². The van der Waals surface area contributed by atoms with Crippen LogP contribution in [0.2, 0.25) is 5.02 Å². The molecule has 0 spiro atoms. The van der Waals surface area contributed by atoms with Gasteiger partial charge in [0, 0.05) is 36.3 Å². The summed E-state index contributed by atoms with van der Waals surface area (Å²) < 4.78 is 12.4. The molecule has 2 aromatic carbocycles. The predicted octanol–water partition coefficient (Wildman–Crippen LogP) is 4.10. The van der Waals surface area contributed by atoms with Crippen LogP contribution in [0.4, 0.5) is 5.69 Å². The Labute approximate surface area is 144 Å². The normalized spacial score (nSPS) is 10.7. The van der Waals surface area contributed by atoms with Gasteiger partial charge in [-0.05, 0) is 6.07 Å². The van der Waals surface area contributed by atoms with E-state index in [1.54, 1.807) is 18.3 Å². The van der Waals surface area contributed by atoms with Crippen molar-refractivity contribution in [3.63, 3.8) is 0 Å². The number of para-hydroxylation sites is 1. The first-order valence-corrected chi connectivity index (χ1v) is 7.70. The van der Waals surface area contributed by atoms with Crippen molar-refractivity contribution < 1.29 is 14.3 Å². The number of anilines is 1. The number of aromatic nitrogens is 1. The van der Waals surface area contributed by atoms with Gasteiger partial charge in [-0.15, -0.1) is 0 Å². The van der Waals surface area contributed by atoms with Gasteiger partial charge in [0.05, 0.1) is 30.5 Å². The summed E-state index contributed by atoms with van der Waals surface area (Å²) >= 11 is 6.09. The average Bonchev–Trinajstić information content (AvgIpc) is 2.93. The summed E-state index contributed by atoms with van der Waals surface area (Å²) in [5.41, 5.74) is 2.07. The minimum absolute atomic E-state index is 0.227. The largest absolute Gasteiger partial charge is 0.495 e. The smallest absolute Gasteiger partial charge is 0.257 e. The quantitative estimate of drug-likeness (QED) is 0.775. The molecule has 0 saturated carbocycles. The second-order valence-corrected chi connectivity index (χ2v) is 5.72. The van der Waals surface area contributed by atoms with Crippen molar-refractivity contribution in [1.29, 1.82) is 0 Å². The summed E-state index contributed by atoms with van der Waals surface area (Å²) in [6.45, 7) is 0. The number of amides is 1. The molecule has 1 heterocycles. The van der Waals surface area contributed by atoms with Crippen molar-refractivity contribution in [2.45, 2.75) is 0 Å². The molecule has 1 N–H and O–H groups in total. The van der Waals surface area contributed by atoms with Gasteiger partial charge in [0.1, 0.15) is 11.5 Å². The van der Waals surface area contributed by atoms with E-state index in [0.717, 1.165) is 10.9 Å². The number of carbonyl (C=O) groups excluding carboxylic acids is 1. The van der Waals surface area contributed by atoms with Gasteiger partial charge in [0.25, 0.3) is 5.91 Å². The van der Waals surface area contributed by atoms with E-state index in [4.69, 9.17) is 21.1 Å². The maximum Gasteiger partial charge on any atom is 0.257 e. The van der Waals surface area contributed by atoms with Crippen molar-refractivity contribution in [3.05, 3.63) is 53.2 Å². The summed E-state index contributed by atoms with van der Waals surface area (Å²) in [5, 5.41) is 4.17. The Morgan fingerprint density at radius 2 is 1.83 bits per heavy atom. The maximum absolute atomic E-state index is 12.7. The van der Waals surface area contributed by atoms with Gasteiger partial charge in [-0.2, -0.15) is 0 Å². The zero-order valence-electron chi connectivity index (χ0n) is 13.6. The Morgan fingerprint density at radius 1 is 1.12 bits per heavy atom. The highest BCUT2D eigenvalue weighted by molar-refractivity contribution is 6.32. The van der Waals surface area contributed by atoms with E-state index < -0.39 is 0 Å². The number of carbonyl (C=O) groups is 1. The van der Waals surface area contributed by atoms with Crippen molar-refractivity contribution in [1.82, 2.24) is 4.57 Å². The molecule has 124 valence electrons. The van der Waals surface area contributed by atoms with Crippen LogP contribution < -0.4 is 14.8 Å². The number of ether oxygens (including phenoxy) is 2. The first kappa shape index (κ1) is 16.2. The Balaban J connectivity index is 2.00. The number of aryl methyl sites for hydroxylation is 1. The van der Waals surface area contributed by atoms with Crippen LogP contribution in [-0.2, 0) is 7.05 Å². The third-order valence-electron chi connectivity index (χ3n) is 3.86. The Hall–Kier alpha value is -2.66. The number of nitrogens with zero attached hydrogens (tertiary/aromatic N) is 1. The Bertz CT molecular complexity index is 918. The fraction of sp³-hybridized carbons (Fsp3) is 0.167. The number of hydrogen-bond acceptors (Lipinski definition) is 3. The van der Waals surface area contributed by atoms with E-state index in [0.29, 0.717) is 27.8 Å². The molecule has 3 rings (SSSR count). The highest BCUT2D eigenvalue weighted by Gasteiger charge is 2.17. The Kier molecular flexibility index (Phi) is 4.36. The topological polar surface area (TPSA) is 52.5 Å². The summed E-state index contributed by atoms with van der Waals surface area (Å²) in [4.78, 5) is 12.7. The van der Waals surface area contributed by atoms with Gasteiger partial charge >= 0.3 is 0 Å². The lowest BCUT2D eigenvalue weighted by atomic mass is 10.1. The second kappa shape index (κ2) is 6.45. The third kappa shape index (κ3) is 2.78. The van der Waals surface area contributed by atoms with Crippen LogP contribution in [0.25, 0.3) is 10.9 Å². The first-order chi connectivity index (χ1) is 11.5. The van der Waals surface area contributed by atoms with Crippen LogP contribution in [0.5, 0.6) is 11.5 Å². The summed E-state index contributed by atoms with van der Waals surface area (Å²) in [6.07, 6.45) is 1.81. The number of benzene rings is 2. The molecule has 0 aliphatic rings. The molecular formula is C18H17ClN2O3. The second-order valence-electron chi connectivity index (χ2n) is 5.31. The number of nitrogens with one attached hydrogen (secondary N) is 1. The van der Waals surface area contributed by atoms with Crippen LogP contribution in [-0.4, -0.2) is 24.7 Å². The molecule has 0 atom stereocenters. The molecule has 24 heavy (non-hydrogen) atoms. The minimum atomic E-state index is -0.227. The van der Waals surface area contributed by atoms with Gasteiger partial charge < -0.3 is 19.4 Å². The van der Waals surface area contributed by atoms with Crippen molar-refractivity contribution >= 4 is 34.1 Å². The van der Waals surface area contributed by atoms with E-state index in [-0.39, 0.29) is 5.91 Å². The highest BCUT2D eigenvalue weighted by atomic mass is 35.5. The predicted molar refractivity (Wildman–Crippen MR) is 95.4 cm³/mol. The molecule has 1 amide bonds. The summed E-state index contributed by atoms with van der Waals surface area (Å²) in [7, 11) is 4.95. The van der Waals surface area contributed by atoms with Crippen LogP contribution >= 0.6 is 11.6 Å². The molecule has 0 radical (unpaired) electrons. The van der Waals surface area contributed by atoms with Gasteiger partial charge in [0.2, 0.25) is 0 Å². The van der Waals surface area contributed by atoms with E-state index in [2.05, 4.69) is 5.32 Å². The van der Waals surface area contributed by atoms with E-state index >= 15 is 0 Å². The molecule has 0 aliphatic carbocycles. The van der Waals surface area contributed by atoms with E-state index in [1.165, 1.54) is 14.2 Å². The molecule has 0 fully saturated rings. The molecule has 0 saturated heterocycles. The SMILES string of the molecule is COc1cc(NC(=O)c2cn(C)c3ccccc23)c(OC)cc1Cl. The van der Waals surface area contributed by atoms with Crippen molar-refractivity contribution in [2.24, 2.45) is 7.05 Å². The summed E-state index contributed by atoms with van der Waals surface area (Å²) in [5.74, 6) is 0.703. The number of hydrogen-bond donors (Lipinski definition) is 1. The number of fused-ring (bicyclic) bond motifs is 1. The number of methoxy groups -OCH3 is 2. The zero-order chi connectivity index (χ0) is 17.3. The van der Waals surface area contributed by atoms with Crippen LogP contribution in [0.1, 0.15) is 10.4 Å². The van der Waals surface area contributed by atoms with Gasteiger partial charge in [-0.3, -0.25) is 4.79 Å². The van der Waals surface area contributed by atoms with Crippen molar-refractivity contribution in [2.75, 3.05) is 19.5 Å². The fourth-order valence-electron chi connectivity index (χ4n) is 2.67. The lowest BCUT2D eigenvalue weighted by Gasteiger charge is -2.13. The summed E-state index contributed by atoms with van der Waals surface area (Å²) in [6, 6.07) is 11.0. The third-order valence-corrected chi connectivity index (χ3v) is 4.16. The van der Waals surface area contributed by atoms with E-state index in [9.17, 15) is 4.79 Å². The molecule has 0 bridgehead atoms. The molecule has 0 unspecified atom stereocenters. The Morgan fingerprint density at radius 3 is 2.54 bits per heavy atom. The van der Waals surface area contributed by atoms with Gasteiger partial charge in [-0.25, -0.2) is 0 Å². The number of halogens is 1. The molecule has 0 aliphatic heterocycles. The average molecular weight is 345 g/mol. The highest BCUT2D eigenvalue weighted by Crippen LogP contribution is 2.36. The maximum atomic E-state index is 12.7. The lowest BCUT2D eigenvalue weighted by molar-refractivity contribution is 0.102. The first-order valence-electron chi connectivity index (χ1n) is 7.32. The molecular weight excluding hydrogens is 328 g/mol. The molecule has 6 heteroatoms. The van der Waals surface area contributed by atoms with Crippen LogP contribution in [0.3, 0.4) is 0 Å². The van der Waals surface area contributed by atoms with E-state index in [1.807, 2.05) is 35.9 Å². The lowest BCUT2D eigenvalue weighted by Crippen LogP contribution is -2.12. The van der Waals surface area contributed by atoms with Crippen LogP contribution in [0, 0.1) is 0 Å². The zero-order valence-corrected chi connectivity index (χ0v) is 14.3. The fourth-order valence-corrected chi connectivity index (χ4v) is 2.90. The van der Waals surface area contributed by atoms with Crippen molar-refractivity contribution in [3.8, 4) is 11.5 Å². The molecule has 5 nitrogen and oxygen atoms in total. The minimum Gasteiger partial charge on any atom is -0.495 e. The number of rotatable bonds is 4. The molecule has 1 aromatic heterocycles. The standard InChI is InChI=1S/C18H17ClN2O3/c1-21-10-12(11-6-4-5-7-15(11)21)18(22)20-14-9-16(23-2)13(19)8-17(14)24-3/h4-10H,1-3H3,(H,20,22). The van der Waals surface area contributed by atoms with Crippen LogP contribution in [0.15, 0.2) is 42.6 Å². The van der Waals surface area contributed by atoms with Gasteiger partial charge in [-0.1, -0.05) is 29.8 Å².